The van der Waals surface area contributed by atoms with Crippen molar-refractivity contribution in [1.82, 2.24) is 16.0 Å². The summed E-state index contributed by atoms with van der Waals surface area (Å²) in [7, 11) is 3.03. The molecule has 2 aromatic rings. The van der Waals surface area contributed by atoms with Gasteiger partial charge in [0.2, 0.25) is 11.8 Å². The van der Waals surface area contributed by atoms with Crippen molar-refractivity contribution in [3.63, 3.8) is 0 Å². The van der Waals surface area contributed by atoms with Crippen LogP contribution in [0.5, 0.6) is 11.5 Å². The molecule has 0 fully saturated rings. The Bertz CT molecular complexity index is 1810. The van der Waals surface area contributed by atoms with Crippen LogP contribution in [-0.4, -0.2) is 83.7 Å². The minimum Gasteiger partial charge on any atom is -0.507 e. The van der Waals surface area contributed by atoms with E-state index in [2.05, 4.69) is 77.6 Å². The van der Waals surface area contributed by atoms with E-state index in [9.17, 15) is 34.2 Å². The van der Waals surface area contributed by atoms with Crippen molar-refractivity contribution in [3.8, 4) is 11.5 Å². The smallest absolute Gasteiger partial charge is 0.347 e. The van der Waals surface area contributed by atoms with E-state index in [0.29, 0.717) is 31.0 Å². The van der Waals surface area contributed by atoms with E-state index in [4.69, 9.17) is 9.47 Å². The molecule has 2 rings (SSSR count). The quantitative estimate of drug-likeness (QED) is 0.0168. The molecule has 14 heteroatoms. The number of carbonyl (C=O) groups is 5. The minimum atomic E-state index is -1.44. The summed E-state index contributed by atoms with van der Waals surface area (Å²) in [5.41, 5.74) is -0.861. The summed E-state index contributed by atoms with van der Waals surface area (Å²) < 4.78 is 10.7. The Morgan fingerprint density at radius 3 is 1.89 bits per heavy atom. The van der Waals surface area contributed by atoms with Gasteiger partial charge in [-0.05, 0) is 69.2 Å². The zero-order valence-electron chi connectivity index (χ0n) is 35.6. The topological polar surface area (TPSA) is 180 Å². The summed E-state index contributed by atoms with van der Waals surface area (Å²) in [6.07, 6.45) is 26.3. The molecule has 0 aliphatic carbocycles. The molecule has 0 bridgehead atoms. The first-order chi connectivity index (χ1) is 29.5. The van der Waals surface area contributed by atoms with Gasteiger partial charge in [-0.15, -0.1) is 0 Å². The molecule has 3 amide bonds. The van der Waals surface area contributed by atoms with Crippen molar-refractivity contribution >= 4 is 51.2 Å². The van der Waals surface area contributed by atoms with E-state index < -0.39 is 35.3 Å². The average Bonchev–Trinajstić information content (AvgIpc) is 3.24. The lowest BCUT2D eigenvalue weighted by atomic mass is 9.87. The Morgan fingerprint density at radius 2 is 1.26 bits per heavy atom. The molecular formula is C47H63N3O9S2. The van der Waals surface area contributed by atoms with Gasteiger partial charge in [0.05, 0.1) is 12.2 Å². The van der Waals surface area contributed by atoms with E-state index in [-0.39, 0.29) is 54.5 Å². The number of nitrogens with one attached hydrogen (secondary N) is 3. The maximum absolute atomic E-state index is 12.8. The molecule has 0 aliphatic heterocycles. The number of benzene rings is 2. The molecule has 1 unspecified atom stereocenters. The van der Waals surface area contributed by atoms with Gasteiger partial charge in [0.25, 0.3) is 5.91 Å². The third-order valence-corrected chi connectivity index (χ3v) is 11.1. The zero-order valence-corrected chi connectivity index (χ0v) is 37.3. The van der Waals surface area contributed by atoms with E-state index >= 15 is 0 Å². The largest absolute Gasteiger partial charge is 0.507 e. The number of phenolic OH excluding ortho intramolecular Hbond substituents is 1. The summed E-state index contributed by atoms with van der Waals surface area (Å²) in [5.74, 6) is -1.45. The molecule has 0 aliphatic rings. The number of rotatable bonds is 30. The van der Waals surface area contributed by atoms with Crippen LogP contribution in [0.2, 0.25) is 0 Å². The molecule has 2 aromatic carbocycles. The van der Waals surface area contributed by atoms with Crippen LogP contribution in [0, 0.1) is 5.41 Å². The Kier molecular flexibility index (Phi) is 27.1. The van der Waals surface area contributed by atoms with Crippen LogP contribution in [0.4, 0.5) is 0 Å². The van der Waals surface area contributed by atoms with Gasteiger partial charge in [-0.25, -0.2) is 4.79 Å². The molecule has 5 N–H and O–H groups in total. The number of aliphatic hydroxyl groups is 1. The maximum atomic E-state index is 12.8. The van der Waals surface area contributed by atoms with E-state index in [0.717, 1.165) is 38.5 Å². The van der Waals surface area contributed by atoms with Crippen molar-refractivity contribution in [2.45, 2.75) is 84.7 Å². The highest BCUT2D eigenvalue weighted by atomic mass is 33.1. The predicted octanol–water partition coefficient (Wildman–Crippen LogP) is 8.20. The van der Waals surface area contributed by atoms with Gasteiger partial charge >= 0.3 is 11.9 Å². The molecule has 12 nitrogen and oxygen atoms in total. The van der Waals surface area contributed by atoms with Gasteiger partial charge in [0, 0.05) is 49.4 Å². The number of hydrogen-bond donors (Lipinski definition) is 5. The van der Waals surface area contributed by atoms with Gasteiger partial charge in [-0.2, -0.15) is 0 Å². The van der Waals surface area contributed by atoms with E-state index in [1.54, 1.807) is 44.2 Å². The second kappa shape index (κ2) is 31.8. The molecule has 0 heterocycles. The number of phenols is 1. The van der Waals surface area contributed by atoms with Crippen LogP contribution >= 0.6 is 21.6 Å². The lowest BCUT2D eigenvalue weighted by Crippen LogP contribution is -2.47. The van der Waals surface area contributed by atoms with E-state index in [1.807, 2.05) is 6.08 Å². The highest BCUT2D eigenvalue weighted by Gasteiger charge is 2.35. The Hall–Kier alpha value is -5.05. The van der Waals surface area contributed by atoms with Crippen LogP contribution in [0.15, 0.2) is 109 Å². The standard InChI is InChI=1S/C47H63N3O9S2/c1-4-5-6-7-8-9-10-11-12-13-14-15-16-17-18-19-20-29-42(53)58-36-47(2,3)43(54)45(56)49-31-30-41(52)48-32-34-60-61-35-33-50-44(55)38-26-22-24-28-40(38)59-46(57)37-25-21-23-27-39(37)51/h5-6,8-9,11-12,14-15,17-18,21-28,43,51,54H,4,7,10,13,16,19-20,29-36H2,1-3H3,(H,48,52)(H,49,56)(H,50,55). The van der Waals surface area contributed by atoms with Gasteiger partial charge in [-0.3, -0.25) is 19.2 Å². The first kappa shape index (κ1) is 52.1. The average molecular weight is 878 g/mol. The summed E-state index contributed by atoms with van der Waals surface area (Å²) in [6.45, 7) is 6.05. The molecular weight excluding hydrogens is 815 g/mol. The monoisotopic (exact) mass is 877 g/mol. The number of esters is 2. The second-order valence-electron chi connectivity index (χ2n) is 14.3. The maximum Gasteiger partial charge on any atom is 0.347 e. The van der Waals surface area contributed by atoms with E-state index in [1.165, 1.54) is 39.8 Å². The lowest BCUT2D eigenvalue weighted by molar-refractivity contribution is -0.153. The van der Waals surface area contributed by atoms with Crippen molar-refractivity contribution in [2.75, 3.05) is 37.7 Å². The Labute approximate surface area is 369 Å². The number of para-hydroxylation sites is 2. The zero-order chi connectivity index (χ0) is 44.6. The third-order valence-electron chi connectivity index (χ3n) is 8.67. The molecule has 332 valence electrons. The molecule has 0 saturated heterocycles. The number of unbranched alkanes of at least 4 members (excludes halogenated alkanes) is 1. The van der Waals surface area contributed by atoms with Gasteiger partial charge in [-0.1, -0.05) is 127 Å². The summed E-state index contributed by atoms with van der Waals surface area (Å²) in [4.78, 5) is 62.4. The molecule has 1 atom stereocenters. The van der Waals surface area contributed by atoms with Crippen molar-refractivity contribution < 1.29 is 43.7 Å². The van der Waals surface area contributed by atoms with Crippen LogP contribution in [0.25, 0.3) is 0 Å². The molecule has 61 heavy (non-hydrogen) atoms. The number of aliphatic hydroxyl groups excluding tert-OH is 1. The normalized spacial score (nSPS) is 12.4. The fourth-order valence-corrected chi connectivity index (χ4v) is 7.00. The highest BCUT2D eigenvalue weighted by Crippen LogP contribution is 2.24. The Balaban J connectivity index is 1.50. The van der Waals surface area contributed by atoms with Crippen LogP contribution in [0.1, 0.15) is 99.3 Å². The fraction of sp³-hybridized carbons (Fsp3) is 0.426. The fourth-order valence-electron chi connectivity index (χ4n) is 5.19. The highest BCUT2D eigenvalue weighted by molar-refractivity contribution is 8.76. The van der Waals surface area contributed by atoms with Crippen LogP contribution in [-0.2, 0) is 19.1 Å². The SMILES string of the molecule is CCC=CCC=CCC=CCC=CCC=CCCCC(=O)OCC(C)(C)C(O)C(=O)NCCC(=O)NCCSSCCNC(=O)c1ccccc1OC(=O)c1ccccc1O. The molecule has 0 spiro atoms. The second-order valence-corrected chi connectivity index (χ2v) is 17.0. The number of ether oxygens (including phenoxy) is 2. The number of amides is 3. The van der Waals surface area contributed by atoms with Gasteiger partial charge in [0.1, 0.15) is 23.2 Å². The van der Waals surface area contributed by atoms with Gasteiger partial charge < -0.3 is 35.6 Å². The van der Waals surface area contributed by atoms with Crippen molar-refractivity contribution in [1.29, 1.82) is 0 Å². The van der Waals surface area contributed by atoms with Gasteiger partial charge in [0.15, 0.2) is 0 Å². The molecule has 0 radical (unpaired) electrons. The van der Waals surface area contributed by atoms with Crippen molar-refractivity contribution in [2.24, 2.45) is 5.41 Å². The summed E-state index contributed by atoms with van der Waals surface area (Å²) >= 11 is 0. The molecule has 0 saturated carbocycles. The first-order valence-corrected chi connectivity index (χ1v) is 23.2. The lowest BCUT2D eigenvalue weighted by Gasteiger charge is -2.29. The Morgan fingerprint density at radius 1 is 0.705 bits per heavy atom. The van der Waals surface area contributed by atoms with Crippen LogP contribution < -0.4 is 20.7 Å². The minimum absolute atomic E-state index is 0.0126. The predicted molar refractivity (Wildman–Crippen MR) is 246 cm³/mol. The molecule has 0 aromatic heterocycles. The number of carbonyl (C=O) groups excluding carboxylic acids is 5. The number of allylic oxidation sites excluding steroid dienone is 10. The van der Waals surface area contributed by atoms with Crippen LogP contribution in [0.3, 0.4) is 0 Å². The number of hydrogen-bond acceptors (Lipinski definition) is 11. The first-order valence-electron chi connectivity index (χ1n) is 20.7. The summed E-state index contributed by atoms with van der Waals surface area (Å²) in [5, 5.41) is 28.7. The third kappa shape index (κ3) is 23.5. The van der Waals surface area contributed by atoms with Crippen molar-refractivity contribution in [3.05, 3.63) is 120 Å². The number of aromatic hydroxyl groups is 1. The summed E-state index contributed by atoms with van der Waals surface area (Å²) in [6, 6.07) is 12.3.